The van der Waals surface area contributed by atoms with Gasteiger partial charge in [0.2, 0.25) is 5.88 Å². The number of rotatable bonds is 4. The number of nitrogens with zero attached hydrogens (tertiary/aromatic N) is 2. The lowest BCUT2D eigenvalue weighted by Crippen LogP contribution is -2.36. The van der Waals surface area contributed by atoms with Gasteiger partial charge in [0, 0.05) is 19.2 Å². The Labute approximate surface area is 119 Å². The third kappa shape index (κ3) is 2.60. The third-order valence-electron chi connectivity index (χ3n) is 3.33. The van der Waals surface area contributed by atoms with Gasteiger partial charge in [-0.05, 0) is 19.3 Å². The van der Waals surface area contributed by atoms with E-state index in [9.17, 15) is 19.5 Å². The highest BCUT2D eigenvalue weighted by Gasteiger charge is 2.31. The topological polar surface area (TPSA) is 102 Å². The summed E-state index contributed by atoms with van der Waals surface area (Å²) in [6.07, 6.45) is 1.22. The number of carbonyl (C=O) groups is 2. The second-order valence-electron chi connectivity index (χ2n) is 4.66. The summed E-state index contributed by atoms with van der Waals surface area (Å²) in [6.45, 7) is 1.85. The molecule has 1 aliphatic rings. The number of hydrogen-bond donors (Lipinski definition) is 2. The molecule has 20 heavy (non-hydrogen) atoms. The van der Waals surface area contributed by atoms with E-state index in [0.29, 0.717) is 25.1 Å². The van der Waals surface area contributed by atoms with Gasteiger partial charge < -0.3 is 10.2 Å². The monoisotopic (exact) mass is 300 g/mol. The normalized spacial score (nSPS) is 17.8. The van der Waals surface area contributed by atoms with Gasteiger partial charge in [-0.15, -0.1) is 0 Å². The molecule has 0 amide bonds. The minimum Gasteiger partial charge on any atom is -0.493 e. The second kappa shape index (κ2) is 5.74. The van der Waals surface area contributed by atoms with E-state index in [1.165, 1.54) is 11.6 Å². The zero-order valence-corrected chi connectivity index (χ0v) is 11.9. The number of carboxylic acid groups (broad SMARTS) is 1. The van der Waals surface area contributed by atoms with Gasteiger partial charge in [0.1, 0.15) is 0 Å². The van der Waals surface area contributed by atoms with Crippen molar-refractivity contribution in [2.75, 3.05) is 5.75 Å². The molecule has 1 aliphatic heterocycles. The van der Waals surface area contributed by atoms with Gasteiger partial charge in [-0.3, -0.25) is 14.3 Å². The van der Waals surface area contributed by atoms with Crippen molar-refractivity contribution in [3.63, 3.8) is 0 Å². The Morgan fingerprint density at radius 2 is 2.15 bits per heavy atom. The molecule has 0 fully saturated rings. The smallest absolute Gasteiger partial charge is 0.328 e. The fraction of sp³-hybridized carbons (Fsp3) is 0.583. The first-order valence-corrected chi connectivity index (χ1v) is 7.31. The van der Waals surface area contributed by atoms with Gasteiger partial charge in [-0.2, -0.15) is 0 Å². The van der Waals surface area contributed by atoms with Crippen LogP contribution in [0.1, 0.15) is 31.4 Å². The van der Waals surface area contributed by atoms with Crippen LogP contribution in [0, 0.1) is 0 Å². The van der Waals surface area contributed by atoms with Gasteiger partial charge in [0.05, 0.1) is 5.56 Å². The van der Waals surface area contributed by atoms with E-state index in [-0.39, 0.29) is 23.0 Å². The van der Waals surface area contributed by atoms with Gasteiger partial charge in [0.15, 0.2) is 11.2 Å². The van der Waals surface area contributed by atoms with Crippen LogP contribution >= 0.6 is 11.8 Å². The summed E-state index contributed by atoms with van der Waals surface area (Å²) in [5, 5.41) is 19.2. The highest BCUT2D eigenvalue weighted by Crippen LogP contribution is 2.26. The molecule has 0 aromatic carbocycles. The first kappa shape index (κ1) is 14.7. The van der Waals surface area contributed by atoms with Crippen LogP contribution in [0.4, 0.5) is 0 Å². The Morgan fingerprint density at radius 3 is 2.75 bits per heavy atom. The summed E-state index contributed by atoms with van der Waals surface area (Å²) in [5.74, 6) is -0.861. The van der Waals surface area contributed by atoms with Gasteiger partial charge in [0.25, 0.3) is 5.56 Å². The Bertz CT molecular complexity index is 604. The van der Waals surface area contributed by atoms with Crippen LogP contribution in [-0.4, -0.2) is 36.4 Å². The van der Waals surface area contributed by atoms with Crippen molar-refractivity contribution in [3.05, 3.63) is 15.9 Å². The highest BCUT2D eigenvalue weighted by atomic mass is 32.2. The lowest BCUT2D eigenvalue weighted by molar-refractivity contribution is -0.142. The number of aliphatic carboxylic acids is 1. The van der Waals surface area contributed by atoms with Crippen LogP contribution in [0.15, 0.2) is 4.79 Å². The molecule has 2 N–H and O–H groups in total. The molecule has 1 atom stereocenters. The molecule has 1 unspecified atom stereocenters. The molecule has 8 heteroatoms. The number of hydrogen-bond acceptors (Lipinski definition) is 5. The Kier molecular flexibility index (Phi) is 4.22. The molecule has 2 rings (SSSR count). The van der Waals surface area contributed by atoms with Crippen LogP contribution < -0.4 is 5.56 Å². The number of thioether (sulfide) groups is 1. The minimum absolute atomic E-state index is 0.0584. The van der Waals surface area contributed by atoms with Crippen LogP contribution in [0.3, 0.4) is 0 Å². The van der Waals surface area contributed by atoms with Gasteiger partial charge in [-0.1, -0.05) is 11.8 Å². The number of carbonyl (C=O) groups excluding carboxylic acids is 1. The molecule has 110 valence electrons. The fourth-order valence-corrected chi connectivity index (χ4v) is 3.02. The number of aromatic hydroxyl groups is 1. The van der Waals surface area contributed by atoms with Crippen molar-refractivity contribution in [2.24, 2.45) is 0 Å². The first-order chi connectivity index (χ1) is 9.43. The number of carboxylic acids is 1. The molecular formula is C12H16N2O5S. The molecule has 0 saturated heterocycles. The number of fused-ring (bicyclic) bond motifs is 1. The van der Waals surface area contributed by atoms with Crippen molar-refractivity contribution in [2.45, 2.75) is 38.8 Å². The molecule has 0 aliphatic carbocycles. The van der Waals surface area contributed by atoms with Crippen LogP contribution in [0.2, 0.25) is 0 Å². The van der Waals surface area contributed by atoms with E-state index in [2.05, 4.69) is 0 Å². The van der Waals surface area contributed by atoms with E-state index >= 15 is 0 Å². The maximum Gasteiger partial charge on any atom is 0.328 e. The van der Waals surface area contributed by atoms with Crippen molar-refractivity contribution in [3.8, 4) is 5.88 Å². The average molecular weight is 300 g/mol. The maximum atomic E-state index is 12.2. The lowest BCUT2D eigenvalue weighted by Gasteiger charge is -2.23. The number of aromatic nitrogens is 2. The fourth-order valence-electron chi connectivity index (χ4n) is 2.43. The van der Waals surface area contributed by atoms with E-state index in [4.69, 9.17) is 5.11 Å². The summed E-state index contributed by atoms with van der Waals surface area (Å²) >= 11 is 1.07. The van der Waals surface area contributed by atoms with Crippen molar-refractivity contribution in [1.82, 2.24) is 9.36 Å². The molecule has 1 aromatic rings. The Hall–Kier alpha value is -1.70. The van der Waals surface area contributed by atoms with Crippen LogP contribution in [0.5, 0.6) is 5.88 Å². The van der Waals surface area contributed by atoms with E-state index in [1.54, 1.807) is 0 Å². The van der Waals surface area contributed by atoms with Gasteiger partial charge >= 0.3 is 5.97 Å². The zero-order chi connectivity index (χ0) is 14.9. The van der Waals surface area contributed by atoms with Crippen molar-refractivity contribution in [1.29, 1.82) is 0 Å². The first-order valence-electron chi connectivity index (χ1n) is 6.32. The average Bonchev–Trinajstić information content (AvgIpc) is 2.63. The third-order valence-corrected chi connectivity index (χ3v) is 4.14. The van der Waals surface area contributed by atoms with E-state index in [1.807, 2.05) is 0 Å². The summed E-state index contributed by atoms with van der Waals surface area (Å²) in [4.78, 5) is 34.3. The quantitative estimate of drug-likeness (QED) is 0.844. The molecule has 0 spiro atoms. The second-order valence-corrected chi connectivity index (χ2v) is 5.93. The summed E-state index contributed by atoms with van der Waals surface area (Å²) in [6, 6.07) is -0.934. The Morgan fingerprint density at radius 1 is 1.45 bits per heavy atom. The molecular weight excluding hydrogens is 284 g/mol. The molecule has 0 saturated carbocycles. The predicted molar refractivity (Wildman–Crippen MR) is 73.1 cm³/mol. The van der Waals surface area contributed by atoms with Crippen LogP contribution in [-0.2, 0) is 22.6 Å². The van der Waals surface area contributed by atoms with Crippen molar-refractivity contribution < 1.29 is 19.8 Å². The van der Waals surface area contributed by atoms with E-state index < -0.39 is 17.6 Å². The largest absolute Gasteiger partial charge is 0.493 e. The van der Waals surface area contributed by atoms with E-state index in [0.717, 1.165) is 16.4 Å². The van der Waals surface area contributed by atoms with Crippen LogP contribution in [0.25, 0.3) is 0 Å². The summed E-state index contributed by atoms with van der Waals surface area (Å²) < 4.78 is 2.45. The summed E-state index contributed by atoms with van der Waals surface area (Å²) in [7, 11) is 0. The van der Waals surface area contributed by atoms with Crippen molar-refractivity contribution >= 4 is 22.8 Å². The van der Waals surface area contributed by atoms with Gasteiger partial charge in [-0.25, -0.2) is 9.48 Å². The standard InChI is InChI=1S/C12H16N2O5S/c1-7(15)20-6-4-8-10(16)13-5-2-3-9(12(18)19)14(13)11(8)17/h9,16H,2-6H2,1H3,(H,18,19). The minimum atomic E-state index is -1.07. The summed E-state index contributed by atoms with van der Waals surface area (Å²) in [5.41, 5.74) is -0.286. The molecule has 0 bridgehead atoms. The molecule has 7 nitrogen and oxygen atoms in total. The maximum absolute atomic E-state index is 12.2. The lowest BCUT2D eigenvalue weighted by atomic mass is 10.1. The highest BCUT2D eigenvalue weighted by molar-refractivity contribution is 8.13. The molecule has 2 heterocycles. The molecule has 0 radical (unpaired) electrons. The SMILES string of the molecule is CC(=O)SCCc1c(O)n2n(c1=O)C(C(=O)O)CCC2. The Balaban J connectivity index is 2.34. The zero-order valence-electron chi connectivity index (χ0n) is 11.0. The molecule has 1 aromatic heterocycles. The predicted octanol–water partition coefficient (Wildman–Crippen LogP) is 0.597.